The minimum Gasteiger partial charge on any atom is -0.322 e. The van der Waals surface area contributed by atoms with Crippen molar-refractivity contribution >= 4 is 30.5 Å². The van der Waals surface area contributed by atoms with Gasteiger partial charge in [0.2, 0.25) is 0 Å². The van der Waals surface area contributed by atoms with E-state index in [0.29, 0.717) is 5.02 Å². The number of nitrogens with one attached hydrogen (secondary N) is 1. The first-order valence-electron chi connectivity index (χ1n) is 6.01. The fraction of sp³-hybridized carbons (Fsp3) is 0.500. The summed E-state index contributed by atoms with van der Waals surface area (Å²) in [5.41, 5.74) is 2.97. The molecule has 103 valence electrons. The molecule has 0 saturated carbocycles. The van der Waals surface area contributed by atoms with Gasteiger partial charge in [0.15, 0.2) is 0 Å². The van der Waals surface area contributed by atoms with Crippen molar-refractivity contribution in [2.75, 3.05) is 25.3 Å². The van der Waals surface area contributed by atoms with Gasteiger partial charge in [0.25, 0.3) is 5.91 Å². The summed E-state index contributed by atoms with van der Waals surface area (Å²) in [5.74, 6) is 0.101. The first-order valence-corrected chi connectivity index (χ1v) is 9.59. The average molecular weight is 376 g/mol. The van der Waals surface area contributed by atoms with Gasteiger partial charge in [-0.25, -0.2) is 0 Å². The molecular formula is C14H22ClNOPY+. The Bertz CT molecular complexity index is 448. The zero-order valence-corrected chi connectivity index (χ0v) is 17.0. The molecule has 0 bridgehead atoms. The van der Waals surface area contributed by atoms with Crippen molar-refractivity contribution in [3.05, 3.63) is 28.3 Å². The third-order valence-electron chi connectivity index (χ3n) is 3.29. The van der Waals surface area contributed by atoms with Gasteiger partial charge < -0.3 is 5.32 Å². The maximum atomic E-state index is 12.2. The number of anilines is 1. The van der Waals surface area contributed by atoms with Gasteiger partial charge in [-0.3, -0.25) is 4.79 Å². The van der Waals surface area contributed by atoms with Crippen molar-refractivity contribution in [1.82, 2.24) is 0 Å². The number of carbonyl (C=O) groups excluding carboxylic acids is 1. The number of benzene rings is 1. The predicted octanol–water partition coefficient (Wildman–Crippen LogP) is 4.19. The van der Waals surface area contributed by atoms with E-state index in [0.717, 1.165) is 16.8 Å². The van der Waals surface area contributed by atoms with Crippen molar-refractivity contribution in [2.24, 2.45) is 0 Å². The van der Waals surface area contributed by atoms with Crippen LogP contribution in [0.4, 0.5) is 5.69 Å². The summed E-state index contributed by atoms with van der Waals surface area (Å²) in [4.78, 5) is 12.2. The molecule has 1 radical (unpaired) electrons. The zero-order chi connectivity index (χ0) is 14.1. The summed E-state index contributed by atoms with van der Waals surface area (Å²) in [5, 5.41) is 3.75. The van der Waals surface area contributed by atoms with E-state index >= 15 is 0 Å². The molecule has 0 heterocycles. The first kappa shape index (κ1) is 19.5. The molecule has 1 N–H and O–H groups in total. The third kappa shape index (κ3) is 5.42. The summed E-state index contributed by atoms with van der Waals surface area (Å²) < 4.78 is 0. The molecule has 0 fully saturated rings. The van der Waals surface area contributed by atoms with Crippen molar-refractivity contribution in [1.29, 1.82) is 0 Å². The van der Waals surface area contributed by atoms with E-state index in [1.165, 1.54) is 0 Å². The molecule has 1 aromatic carbocycles. The van der Waals surface area contributed by atoms with E-state index < -0.39 is 7.26 Å². The summed E-state index contributed by atoms with van der Waals surface area (Å²) in [6, 6.07) is 3.75. The van der Waals surface area contributed by atoms with Gasteiger partial charge in [0.05, 0.1) is 0 Å². The van der Waals surface area contributed by atoms with E-state index in [-0.39, 0.29) is 44.3 Å². The Morgan fingerprint density at radius 3 is 2.00 bits per heavy atom. The summed E-state index contributed by atoms with van der Waals surface area (Å²) >= 11 is 5.99. The minimum absolute atomic E-state index is 0. The molecule has 0 aliphatic carbocycles. The van der Waals surface area contributed by atoms with Crippen LogP contribution < -0.4 is 5.32 Å². The van der Waals surface area contributed by atoms with Gasteiger partial charge in [-0.2, -0.15) is 0 Å². The SMILES string of the molecule is Cc1cc(Cl)cc(C)c1NC(=O)C(C)[P+](C)(C)C.[Y]. The first-order chi connectivity index (χ1) is 8.12. The van der Waals surface area contributed by atoms with Gasteiger partial charge in [-0.1, -0.05) is 11.6 Å². The largest absolute Gasteiger partial charge is 0.322 e. The quantitative estimate of drug-likeness (QED) is 0.789. The average Bonchev–Trinajstić information content (AvgIpc) is 2.20. The second kappa shape index (κ2) is 7.50. The molecule has 1 unspecified atom stereocenters. The second-order valence-corrected chi connectivity index (χ2v) is 11.1. The molecule has 19 heavy (non-hydrogen) atoms. The summed E-state index contributed by atoms with van der Waals surface area (Å²) in [6.45, 7) is 12.5. The van der Waals surface area contributed by atoms with Crippen molar-refractivity contribution < 1.29 is 37.5 Å². The molecule has 1 atom stereocenters. The van der Waals surface area contributed by atoms with Crippen LogP contribution in [0.1, 0.15) is 18.1 Å². The van der Waals surface area contributed by atoms with Crippen LogP contribution in [0.2, 0.25) is 5.02 Å². The zero-order valence-electron chi connectivity index (χ0n) is 12.5. The fourth-order valence-corrected chi connectivity index (χ4v) is 2.78. The monoisotopic (exact) mass is 375 g/mol. The number of hydrogen-bond acceptors (Lipinski definition) is 1. The number of amides is 1. The molecule has 2 nitrogen and oxygen atoms in total. The maximum Gasteiger partial charge on any atom is 0.264 e. The Kier molecular flexibility index (Phi) is 7.70. The summed E-state index contributed by atoms with van der Waals surface area (Å²) in [6.07, 6.45) is 0. The van der Waals surface area contributed by atoms with Gasteiger partial charge in [-0.05, 0) is 44.0 Å². The van der Waals surface area contributed by atoms with Crippen LogP contribution in [0.25, 0.3) is 0 Å². The molecular weight excluding hydrogens is 353 g/mol. The van der Waals surface area contributed by atoms with Crippen LogP contribution in [0.3, 0.4) is 0 Å². The Labute approximate surface area is 147 Å². The third-order valence-corrected chi connectivity index (χ3v) is 6.06. The van der Waals surface area contributed by atoms with E-state index in [4.69, 9.17) is 11.6 Å². The van der Waals surface area contributed by atoms with Crippen molar-refractivity contribution in [3.8, 4) is 0 Å². The number of rotatable bonds is 3. The summed E-state index contributed by atoms with van der Waals surface area (Å²) in [7, 11) is -1.18. The molecule has 0 aromatic heterocycles. The van der Waals surface area contributed by atoms with Crippen LogP contribution in [0.5, 0.6) is 0 Å². The smallest absolute Gasteiger partial charge is 0.264 e. The van der Waals surface area contributed by atoms with E-state index in [2.05, 4.69) is 25.3 Å². The number of aryl methyl sites for hydroxylation is 2. The van der Waals surface area contributed by atoms with Gasteiger partial charge in [0.1, 0.15) is 5.66 Å². The van der Waals surface area contributed by atoms with Crippen LogP contribution in [-0.2, 0) is 37.5 Å². The van der Waals surface area contributed by atoms with E-state index in [1.54, 1.807) is 0 Å². The Balaban J connectivity index is 0.00000324. The fourth-order valence-electron chi connectivity index (χ4n) is 1.69. The number of halogens is 1. The minimum atomic E-state index is -1.18. The van der Waals surface area contributed by atoms with Crippen LogP contribution in [-0.4, -0.2) is 31.6 Å². The molecule has 5 heteroatoms. The predicted molar refractivity (Wildman–Crippen MR) is 83.7 cm³/mol. The molecule has 1 amide bonds. The second-order valence-electron chi connectivity index (χ2n) is 5.70. The van der Waals surface area contributed by atoms with E-state index in [9.17, 15) is 4.79 Å². The maximum absolute atomic E-state index is 12.2. The standard InChI is InChI=1S/C14H21ClNOP.Y/c1-9-7-12(15)8-10(2)13(9)16-14(17)11(3)18(4,5)6;/h7-8,11H,1-6H3;/p+1. The van der Waals surface area contributed by atoms with Gasteiger partial charge in [0, 0.05) is 70.7 Å². The normalized spacial score (nSPS) is 12.6. The topological polar surface area (TPSA) is 29.1 Å². The molecule has 0 aliphatic heterocycles. The van der Waals surface area contributed by atoms with Crippen molar-refractivity contribution in [3.63, 3.8) is 0 Å². The Morgan fingerprint density at radius 1 is 1.21 bits per heavy atom. The van der Waals surface area contributed by atoms with E-state index in [1.807, 2.05) is 32.9 Å². The molecule has 0 spiro atoms. The van der Waals surface area contributed by atoms with Crippen LogP contribution in [0, 0.1) is 13.8 Å². The molecule has 0 saturated heterocycles. The van der Waals surface area contributed by atoms with Crippen LogP contribution >= 0.6 is 18.9 Å². The van der Waals surface area contributed by atoms with Gasteiger partial charge in [-0.15, -0.1) is 0 Å². The Morgan fingerprint density at radius 2 is 1.63 bits per heavy atom. The molecule has 1 aromatic rings. The molecule has 1 rings (SSSR count). The van der Waals surface area contributed by atoms with Gasteiger partial charge >= 0.3 is 0 Å². The Hall–Kier alpha value is 0.514. The van der Waals surface area contributed by atoms with Crippen LogP contribution in [0.15, 0.2) is 12.1 Å². The number of carbonyl (C=O) groups is 1. The molecule has 0 aliphatic rings. The van der Waals surface area contributed by atoms with Crippen molar-refractivity contribution in [2.45, 2.75) is 26.4 Å². The number of hydrogen-bond donors (Lipinski definition) is 1.